The Kier molecular flexibility index (Phi) is 12.1. The van der Waals surface area contributed by atoms with Crippen molar-refractivity contribution >= 4 is 40.6 Å². The molecule has 0 aliphatic carbocycles. The second kappa shape index (κ2) is 14.0. The normalized spacial score (nSPS) is 11.7. The highest BCUT2D eigenvalue weighted by Gasteiger charge is 2.14. The molecule has 2 aromatic heterocycles. The van der Waals surface area contributed by atoms with E-state index in [1.165, 1.54) is 18.5 Å². The van der Waals surface area contributed by atoms with Crippen LogP contribution in [-0.4, -0.2) is 54.2 Å². The van der Waals surface area contributed by atoms with Gasteiger partial charge in [0.1, 0.15) is 35.0 Å². The van der Waals surface area contributed by atoms with Crippen LogP contribution in [0.3, 0.4) is 0 Å². The van der Waals surface area contributed by atoms with Crippen LogP contribution in [0.25, 0.3) is 0 Å². The van der Waals surface area contributed by atoms with Gasteiger partial charge in [-0.25, -0.2) is 19.9 Å². The summed E-state index contributed by atoms with van der Waals surface area (Å²) >= 11 is 10.9. The van der Waals surface area contributed by atoms with Crippen LogP contribution in [0.2, 0.25) is 0 Å². The van der Waals surface area contributed by atoms with Gasteiger partial charge in [0.2, 0.25) is 0 Å². The molecule has 1 N–H and O–H groups in total. The molecule has 0 aliphatic rings. The van der Waals surface area contributed by atoms with Gasteiger partial charge in [-0.15, -0.1) is 23.2 Å². The number of aliphatic hydroxyl groups excluding tert-OH is 1. The molecule has 1 atom stereocenters. The molecule has 10 heteroatoms. The Bertz CT molecular complexity index is 922. The monoisotopic (exact) mass is 482 g/mol. The minimum Gasteiger partial charge on any atom is -0.386 e. The van der Waals surface area contributed by atoms with Crippen LogP contribution in [0.4, 0.5) is 0 Å². The molecule has 174 valence electrons. The predicted octanol–water partition coefficient (Wildman–Crippen LogP) is 3.18. The lowest BCUT2D eigenvalue weighted by molar-refractivity contribution is -0.122. The number of hydrogen-bond acceptors (Lipinski definition) is 8. The summed E-state index contributed by atoms with van der Waals surface area (Å²) in [5.74, 6) is 0.537. The average molecular weight is 483 g/mol. The van der Waals surface area contributed by atoms with Crippen molar-refractivity contribution < 1.29 is 19.5 Å². The number of hydrogen-bond donors (Lipinski definition) is 1. The number of aromatic nitrogens is 4. The van der Waals surface area contributed by atoms with E-state index in [1.54, 1.807) is 6.07 Å². The Morgan fingerprint density at radius 1 is 0.875 bits per heavy atom. The van der Waals surface area contributed by atoms with E-state index in [0.29, 0.717) is 17.3 Å². The van der Waals surface area contributed by atoms with Crippen molar-refractivity contribution in [3.05, 3.63) is 47.6 Å². The Hall–Kier alpha value is -2.29. The van der Waals surface area contributed by atoms with Gasteiger partial charge in [-0.2, -0.15) is 0 Å². The molecular formula is C22H28Cl2N4O4. The van der Waals surface area contributed by atoms with Crippen molar-refractivity contribution in [3.8, 4) is 0 Å². The number of nitrogens with zero attached hydrogens (tertiary/aromatic N) is 4. The minimum absolute atomic E-state index is 0.0368. The summed E-state index contributed by atoms with van der Waals surface area (Å²) in [5.41, 5.74) is 0.716. The summed E-state index contributed by atoms with van der Waals surface area (Å²) in [4.78, 5) is 50.3. The summed E-state index contributed by atoms with van der Waals surface area (Å²) in [5, 5.41) is 9.49. The molecule has 0 amide bonds. The predicted molar refractivity (Wildman–Crippen MR) is 122 cm³/mol. The molecule has 32 heavy (non-hydrogen) atoms. The molecule has 0 bridgehead atoms. The number of halogens is 2. The number of Topliss-reactive ketones (excluding diaryl/α,β-unsaturated/α-hetero) is 3. The topological polar surface area (TPSA) is 123 Å². The van der Waals surface area contributed by atoms with Crippen molar-refractivity contribution in [2.24, 2.45) is 11.8 Å². The number of aliphatic hydroxyl groups is 1. The lowest BCUT2D eigenvalue weighted by Crippen LogP contribution is -2.14. The Morgan fingerprint density at radius 3 is 1.84 bits per heavy atom. The highest BCUT2D eigenvalue weighted by Crippen LogP contribution is 2.11. The average Bonchev–Trinajstić information content (AvgIpc) is 2.78. The summed E-state index contributed by atoms with van der Waals surface area (Å²) in [7, 11) is 0. The van der Waals surface area contributed by atoms with Gasteiger partial charge in [-0.3, -0.25) is 14.4 Å². The van der Waals surface area contributed by atoms with E-state index >= 15 is 0 Å². The number of ketones is 3. The van der Waals surface area contributed by atoms with E-state index in [9.17, 15) is 19.5 Å². The molecule has 0 unspecified atom stereocenters. The van der Waals surface area contributed by atoms with Gasteiger partial charge in [-0.1, -0.05) is 27.7 Å². The van der Waals surface area contributed by atoms with E-state index in [1.807, 2.05) is 27.7 Å². The molecule has 2 heterocycles. The van der Waals surface area contributed by atoms with Crippen molar-refractivity contribution in [2.75, 3.05) is 11.8 Å². The molecule has 2 aromatic rings. The maximum Gasteiger partial charge on any atom is 0.195 e. The van der Waals surface area contributed by atoms with Crippen molar-refractivity contribution in [2.45, 2.75) is 46.6 Å². The fourth-order valence-corrected chi connectivity index (χ4v) is 2.49. The van der Waals surface area contributed by atoms with Crippen LogP contribution in [0.15, 0.2) is 24.5 Å². The molecule has 0 fully saturated rings. The highest BCUT2D eigenvalue weighted by atomic mass is 35.5. The molecule has 0 saturated heterocycles. The third-order valence-corrected chi connectivity index (χ3v) is 4.81. The van der Waals surface area contributed by atoms with E-state index in [-0.39, 0.29) is 59.5 Å². The number of rotatable bonds is 10. The maximum atomic E-state index is 11.5. The molecular weight excluding hydrogens is 455 g/mol. The zero-order chi connectivity index (χ0) is 24.3. The largest absolute Gasteiger partial charge is 0.386 e. The Balaban J connectivity index is 0.000000320. The molecule has 0 spiro atoms. The summed E-state index contributed by atoms with van der Waals surface area (Å²) in [6.07, 6.45) is 2.54. The third-order valence-electron chi connectivity index (χ3n) is 4.28. The third kappa shape index (κ3) is 9.46. The summed E-state index contributed by atoms with van der Waals surface area (Å²) in [6, 6.07) is 3.09. The second-order valence-electron chi connectivity index (χ2n) is 7.58. The van der Waals surface area contributed by atoms with Crippen LogP contribution in [-0.2, 0) is 22.4 Å². The lowest BCUT2D eigenvalue weighted by Gasteiger charge is -2.08. The van der Waals surface area contributed by atoms with Crippen LogP contribution in [0, 0.1) is 11.8 Å². The highest BCUT2D eigenvalue weighted by molar-refractivity contribution is 6.30. The number of alkyl halides is 2. The van der Waals surface area contributed by atoms with Gasteiger partial charge < -0.3 is 5.11 Å². The van der Waals surface area contributed by atoms with Gasteiger partial charge in [0.25, 0.3) is 0 Å². The standard InChI is InChI=1S/C11H15ClN2O2.C11H13ClN2O2/c2*1-7(2)9(15)5-11-13-4-3-8(14-11)10(16)6-12/h3-4,7,10,16H,5-6H2,1-2H3;3-4,7H,5-6H2,1-2H3/t10-;/m0./s1. The SMILES string of the molecule is CC(C)C(=O)Cc1nccc(C(=O)CCl)n1.CC(C)C(=O)Cc1nccc([C@@H](O)CCl)n1. The fraction of sp³-hybridized carbons (Fsp3) is 0.500. The molecule has 8 nitrogen and oxygen atoms in total. The van der Waals surface area contributed by atoms with Gasteiger partial charge in [0.05, 0.1) is 30.3 Å². The van der Waals surface area contributed by atoms with Gasteiger partial charge in [0.15, 0.2) is 5.78 Å². The molecule has 2 rings (SSSR count). The minimum atomic E-state index is -0.808. The van der Waals surface area contributed by atoms with E-state index in [4.69, 9.17) is 23.2 Å². The number of carbonyl (C=O) groups excluding carboxylic acids is 3. The smallest absolute Gasteiger partial charge is 0.195 e. The fourth-order valence-electron chi connectivity index (χ4n) is 2.19. The van der Waals surface area contributed by atoms with Crippen LogP contribution >= 0.6 is 23.2 Å². The first-order chi connectivity index (χ1) is 15.1. The molecule has 0 saturated carbocycles. The van der Waals surface area contributed by atoms with E-state index in [2.05, 4.69) is 19.9 Å². The summed E-state index contributed by atoms with van der Waals surface area (Å²) < 4.78 is 0. The van der Waals surface area contributed by atoms with Crippen molar-refractivity contribution in [3.63, 3.8) is 0 Å². The van der Waals surface area contributed by atoms with Crippen LogP contribution < -0.4 is 0 Å². The van der Waals surface area contributed by atoms with Crippen molar-refractivity contribution in [1.82, 2.24) is 19.9 Å². The zero-order valence-corrected chi connectivity index (χ0v) is 20.1. The Morgan fingerprint density at radius 2 is 1.38 bits per heavy atom. The first-order valence-corrected chi connectivity index (χ1v) is 11.2. The van der Waals surface area contributed by atoms with Gasteiger partial charge in [-0.05, 0) is 12.1 Å². The molecule has 0 aromatic carbocycles. The molecule has 0 radical (unpaired) electrons. The van der Waals surface area contributed by atoms with Gasteiger partial charge >= 0.3 is 0 Å². The maximum absolute atomic E-state index is 11.5. The first kappa shape index (κ1) is 27.7. The second-order valence-corrected chi connectivity index (χ2v) is 8.15. The quantitative estimate of drug-likeness (QED) is 0.404. The Labute approximate surface area is 197 Å². The van der Waals surface area contributed by atoms with Crippen LogP contribution in [0.1, 0.15) is 61.6 Å². The number of carbonyl (C=O) groups is 3. The first-order valence-electron chi connectivity index (χ1n) is 10.1. The zero-order valence-electron chi connectivity index (χ0n) is 18.6. The van der Waals surface area contributed by atoms with Gasteiger partial charge in [0, 0.05) is 24.2 Å². The summed E-state index contributed by atoms with van der Waals surface area (Å²) in [6.45, 7) is 7.30. The lowest BCUT2D eigenvalue weighted by atomic mass is 10.1. The van der Waals surface area contributed by atoms with Crippen molar-refractivity contribution in [1.29, 1.82) is 0 Å². The van der Waals surface area contributed by atoms with Crippen LogP contribution in [0.5, 0.6) is 0 Å². The van der Waals surface area contributed by atoms with E-state index < -0.39 is 6.10 Å². The van der Waals surface area contributed by atoms with E-state index in [0.717, 1.165) is 0 Å². The molecule has 0 aliphatic heterocycles.